The smallest absolute Gasteiger partial charge is 0.222 e. The average Bonchev–Trinajstić information content (AvgIpc) is 3.08. The fraction of sp³-hybridized carbons (Fsp3) is 0.842. The van der Waals surface area contributed by atoms with Crippen LogP contribution in [0, 0.1) is 5.92 Å². The Morgan fingerprint density at radius 1 is 1.48 bits per heavy atom. The molecule has 1 amide bonds. The number of amides is 1. The lowest BCUT2D eigenvalue weighted by molar-refractivity contribution is -0.136. The van der Waals surface area contributed by atoms with E-state index in [2.05, 4.69) is 36.1 Å². The van der Waals surface area contributed by atoms with Crippen molar-refractivity contribution in [3.8, 4) is 0 Å². The average molecular weight is 382 g/mol. The first kappa shape index (κ1) is 21.8. The van der Waals surface area contributed by atoms with E-state index in [4.69, 9.17) is 4.74 Å². The predicted octanol–water partition coefficient (Wildman–Crippen LogP) is 1.14. The fourth-order valence-electron chi connectivity index (χ4n) is 3.53. The molecule has 8 heteroatoms. The molecule has 0 bridgehead atoms. The number of ether oxygens (including phenoxy) is 1. The molecule has 0 fully saturated rings. The van der Waals surface area contributed by atoms with Crippen molar-refractivity contribution < 1.29 is 14.6 Å². The molecule has 1 aromatic heterocycles. The van der Waals surface area contributed by atoms with Gasteiger partial charge in [0.1, 0.15) is 0 Å². The Balaban J connectivity index is 2.21. The number of hydrogen-bond acceptors (Lipinski definition) is 6. The van der Waals surface area contributed by atoms with E-state index in [9.17, 15) is 9.90 Å². The van der Waals surface area contributed by atoms with Crippen LogP contribution in [0.3, 0.4) is 0 Å². The minimum atomic E-state index is -0.196. The molecule has 8 nitrogen and oxygen atoms in total. The highest BCUT2D eigenvalue weighted by Crippen LogP contribution is 2.18. The summed E-state index contributed by atoms with van der Waals surface area (Å²) in [6, 6.07) is -0.196. The van der Waals surface area contributed by atoms with Gasteiger partial charge in [-0.15, -0.1) is 5.10 Å². The van der Waals surface area contributed by atoms with Crippen LogP contribution in [0.1, 0.15) is 45.7 Å². The quantitative estimate of drug-likeness (QED) is 0.796. The van der Waals surface area contributed by atoms with Gasteiger partial charge >= 0.3 is 0 Å². The van der Waals surface area contributed by atoms with Gasteiger partial charge in [0.2, 0.25) is 5.91 Å². The second-order valence-corrected chi connectivity index (χ2v) is 7.72. The normalized spacial score (nSPS) is 23.6. The molecular formula is C19H35N5O3. The zero-order chi connectivity index (χ0) is 19.8. The Labute approximate surface area is 162 Å². The van der Waals surface area contributed by atoms with Crippen molar-refractivity contribution in [2.45, 2.75) is 65.3 Å². The van der Waals surface area contributed by atoms with E-state index >= 15 is 0 Å². The zero-order valence-corrected chi connectivity index (χ0v) is 17.2. The Morgan fingerprint density at radius 2 is 2.26 bits per heavy atom. The molecule has 0 aromatic carbocycles. The van der Waals surface area contributed by atoms with Gasteiger partial charge in [-0.3, -0.25) is 4.79 Å². The maximum absolute atomic E-state index is 12.8. The van der Waals surface area contributed by atoms with Crippen LogP contribution >= 0.6 is 0 Å². The summed E-state index contributed by atoms with van der Waals surface area (Å²) in [4.78, 5) is 16.9. The van der Waals surface area contributed by atoms with E-state index in [1.165, 1.54) is 0 Å². The third-order valence-corrected chi connectivity index (χ3v) is 5.24. The molecule has 1 N–H and O–H groups in total. The van der Waals surface area contributed by atoms with Crippen LogP contribution in [0.15, 0.2) is 6.20 Å². The number of fused-ring (bicyclic) bond motifs is 1. The second-order valence-electron chi connectivity index (χ2n) is 7.72. The molecule has 0 radical (unpaired) electrons. The number of nitrogens with zero attached hydrogens (tertiary/aromatic N) is 5. The first-order chi connectivity index (χ1) is 13.0. The number of likely N-dealkylation sites (N-methyl/N-ethyl adjacent to an activating group) is 1. The molecule has 3 atom stereocenters. The summed E-state index contributed by atoms with van der Waals surface area (Å²) in [5.41, 5.74) is 0.943. The van der Waals surface area contributed by atoms with Crippen LogP contribution in [-0.2, 0) is 22.7 Å². The fourth-order valence-corrected chi connectivity index (χ4v) is 3.53. The van der Waals surface area contributed by atoms with Crippen LogP contribution in [0.2, 0.25) is 0 Å². The van der Waals surface area contributed by atoms with Crippen LogP contribution < -0.4 is 0 Å². The standard InChI is InChI=1S/C19H35N5O3/c1-5-8-22(4)12-18-15(2)11-23(16(3)13-25)19(26)7-6-9-24-17(14-27-18)10-20-21-24/h10,15-16,18,25H,5-9,11-14H2,1-4H3/t15-,16+,18-/m0/s1. The molecule has 1 aliphatic heterocycles. The zero-order valence-electron chi connectivity index (χ0n) is 17.2. The summed E-state index contributed by atoms with van der Waals surface area (Å²) in [6.45, 7) is 9.63. The molecule has 27 heavy (non-hydrogen) atoms. The number of aliphatic hydroxyl groups excluding tert-OH is 1. The van der Waals surface area contributed by atoms with E-state index in [0.717, 1.165) is 25.2 Å². The highest BCUT2D eigenvalue weighted by Gasteiger charge is 2.28. The van der Waals surface area contributed by atoms with Gasteiger partial charge in [-0.25, -0.2) is 4.68 Å². The molecule has 0 spiro atoms. The first-order valence-corrected chi connectivity index (χ1v) is 10.0. The minimum absolute atomic E-state index is 0.0227. The lowest BCUT2D eigenvalue weighted by Crippen LogP contribution is -2.47. The number of hydrogen-bond donors (Lipinski definition) is 1. The van der Waals surface area contributed by atoms with E-state index < -0.39 is 0 Å². The number of aliphatic hydroxyl groups is 1. The van der Waals surface area contributed by atoms with E-state index in [-0.39, 0.29) is 30.6 Å². The number of aryl methyl sites for hydroxylation is 1. The molecule has 1 aliphatic rings. The number of rotatable bonds is 6. The topological polar surface area (TPSA) is 83.7 Å². The molecule has 0 aliphatic carbocycles. The highest BCUT2D eigenvalue weighted by molar-refractivity contribution is 5.76. The van der Waals surface area contributed by atoms with Gasteiger partial charge in [-0.1, -0.05) is 19.1 Å². The summed E-state index contributed by atoms with van der Waals surface area (Å²) >= 11 is 0. The summed E-state index contributed by atoms with van der Waals surface area (Å²) in [7, 11) is 2.10. The Bertz CT molecular complexity index is 579. The minimum Gasteiger partial charge on any atom is -0.394 e. The lowest BCUT2D eigenvalue weighted by Gasteiger charge is -2.35. The predicted molar refractivity (Wildman–Crippen MR) is 103 cm³/mol. The van der Waals surface area contributed by atoms with Gasteiger partial charge in [0.15, 0.2) is 0 Å². The second kappa shape index (κ2) is 10.7. The van der Waals surface area contributed by atoms with Gasteiger partial charge in [-0.05, 0) is 33.4 Å². The van der Waals surface area contributed by atoms with Crippen molar-refractivity contribution in [1.29, 1.82) is 0 Å². The number of carbonyl (C=O) groups excluding carboxylic acids is 1. The Morgan fingerprint density at radius 3 is 2.96 bits per heavy atom. The third-order valence-electron chi connectivity index (χ3n) is 5.24. The van der Waals surface area contributed by atoms with Crippen LogP contribution in [0.5, 0.6) is 0 Å². The molecule has 0 saturated heterocycles. The van der Waals surface area contributed by atoms with Gasteiger partial charge in [0.05, 0.1) is 37.3 Å². The molecule has 2 rings (SSSR count). The largest absolute Gasteiger partial charge is 0.394 e. The molecule has 2 heterocycles. The summed E-state index contributed by atoms with van der Waals surface area (Å²) in [5, 5.41) is 17.7. The Kier molecular flexibility index (Phi) is 8.66. The van der Waals surface area contributed by atoms with Crippen molar-refractivity contribution in [3.63, 3.8) is 0 Å². The van der Waals surface area contributed by atoms with Gasteiger partial charge in [0.25, 0.3) is 0 Å². The summed E-state index contributed by atoms with van der Waals surface area (Å²) < 4.78 is 8.11. The molecule has 1 aromatic rings. The summed E-state index contributed by atoms with van der Waals surface area (Å²) in [5.74, 6) is 0.220. The molecular weight excluding hydrogens is 346 g/mol. The van der Waals surface area contributed by atoms with E-state index in [1.807, 2.05) is 16.5 Å². The summed E-state index contributed by atoms with van der Waals surface area (Å²) in [6.07, 6.45) is 3.94. The number of aromatic nitrogens is 3. The van der Waals surface area contributed by atoms with Crippen molar-refractivity contribution in [3.05, 3.63) is 11.9 Å². The van der Waals surface area contributed by atoms with Crippen molar-refractivity contribution in [2.24, 2.45) is 5.92 Å². The number of carbonyl (C=O) groups is 1. The van der Waals surface area contributed by atoms with Crippen molar-refractivity contribution in [2.75, 3.05) is 33.3 Å². The lowest BCUT2D eigenvalue weighted by atomic mass is 10.0. The third kappa shape index (κ3) is 6.26. The van der Waals surface area contributed by atoms with Gasteiger partial charge < -0.3 is 19.6 Å². The van der Waals surface area contributed by atoms with E-state index in [1.54, 1.807) is 6.20 Å². The maximum atomic E-state index is 12.8. The van der Waals surface area contributed by atoms with Gasteiger partial charge in [-0.2, -0.15) is 0 Å². The van der Waals surface area contributed by atoms with E-state index in [0.29, 0.717) is 32.5 Å². The molecule has 0 unspecified atom stereocenters. The van der Waals surface area contributed by atoms with Crippen molar-refractivity contribution >= 4 is 5.91 Å². The van der Waals surface area contributed by atoms with Gasteiger partial charge in [0, 0.05) is 32.0 Å². The van der Waals surface area contributed by atoms with Crippen LogP contribution in [0.25, 0.3) is 0 Å². The first-order valence-electron chi connectivity index (χ1n) is 10.0. The monoisotopic (exact) mass is 381 g/mol. The van der Waals surface area contributed by atoms with Crippen LogP contribution in [-0.4, -0.2) is 81.2 Å². The van der Waals surface area contributed by atoms with Crippen LogP contribution in [0.4, 0.5) is 0 Å². The highest BCUT2D eigenvalue weighted by atomic mass is 16.5. The maximum Gasteiger partial charge on any atom is 0.222 e. The molecule has 0 saturated carbocycles. The molecule has 154 valence electrons. The van der Waals surface area contributed by atoms with Crippen molar-refractivity contribution in [1.82, 2.24) is 24.8 Å². The Hall–Kier alpha value is -1.51. The SMILES string of the molecule is CCCN(C)C[C@@H]1OCc2cnnn2CCCC(=O)N([C@H](C)CO)C[C@@H]1C.